The first-order valence-corrected chi connectivity index (χ1v) is 9.45. The van der Waals surface area contributed by atoms with Gasteiger partial charge in [-0.05, 0) is 43.2 Å². The second-order valence-electron chi connectivity index (χ2n) is 6.78. The van der Waals surface area contributed by atoms with Crippen molar-refractivity contribution in [1.82, 2.24) is 5.32 Å². The Morgan fingerprint density at radius 1 is 1.28 bits per heavy atom. The van der Waals surface area contributed by atoms with E-state index in [4.69, 9.17) is 13.9 Å². The number of para-hydroxylation sites is 1. The molecule has 0 radical (unpaired) electrons. The van der Waals surface area contributed by atoms with Gasteiger partial charge in [-0.2, -0.15) is 0 Å². The molecule has 2 heterocycles. The summed E-state index contributed by atoms with van der Waals surface area (Å²) in [7, 11) is 1.54. The number of fused-ring (bicyclic) bond motifs is 1. The van der Waals surface area contributed by atoms with E-state index in [0.29, 0.717) is 35.6 Å². The molecule has 1 aliphatic rings. The lowest BCUT2D eigenvalue weighted by molar-refractivity contribution is 0.0854. The standard InChI is InChI=1S/C22H21FN2O4/c1-27-19-9-2-5-14-11-18(21(26)24-13-17-8-4-10-28-17)22(29-20(14)19)25-16-7-3-6-15(23)12-16/h2-3,5-7,9,11-12,17H,4,8,10,13H2,1H3,(H,24,26)/t17-/m0/s1. The second kappa shape index (κ2) is 8.45. The van der Waals surface area contributed by atoms with Crippen LogP contribution < -0.4 is 15.6 Å². The van der Waals surface area contributed by atoms with Gasteiger partial charge >= 0.3 is 0 Å². The summed E-state index contributed by atoms with van der Waals surface area (Å²) < 4.78 is 30.4. The third-order valence-electron chi connectivity index (χ3n) is 4.76. The van der Waals surface area contributed by atoms with Gasteiger partial charge in [-0.15, -0.1) is 0 Å². The summed E-state index contributed by atoms with van der Waals surface area (Å²) in [6.45, 7) is 1.13. The Hall–Kier alpha value is -3.19. The average Bonchev–Trinajstić information content (AvgIpc) is 3.25. The topological polar surface area (TPSA) is 73.1 Å². The molecule has 1 N–H and O–H groups in total. The van der Waals surface area contributed by atoms with Crippen molar-refractivity contribution in [3.8, 4) is 5.75 Å². The molecule has 0 bridgehead atoms. The van der Waals surface area contributed by atoms with Crippen LogP contribution in [0.5, 0.6) is 5.75 Å². The van der Waals surface area contributed by atoms with Gasteiger partial charge in [0, 0.05) is 18.5 Å². The van der Waals surface area contributed by atoms with Crippen LogP contribution in [0.15, 0.2) is 57.9 Å². The van der Waals surface area contributed by atoms with Crippen LogP contribution >= 0.6 is 0 Å². The molecule has 3 aromatic rings. The summed E-state index contributed by atoms with van der Waals surface area (Å²) in [6.07, 6.45) is 1.92. The molecule has 1 fully saturated rings. The number of rotatable bonds is 5. The summed E-state index contributed by atoms with van der Waals surface area (Å²) in [5, 5.41) is 3.58. The number of ether oxygens (including phenoxy) is 2. The highest BCUT2D eigenvalue weighted by Crippen LogP contribution is 2.25. The molecule has 6 nitrogen and oxygen atoms in total. The normalized spacial score (nSPS) is 16.9. The molecule has 1 aliphatic heterocycles. The van der Waals surface area contributed by atoms with Gasteiger partial charge < -0.3 is 19.2 Å². The third-order valence-corrected chi connectivity index (χ3v) is 4.76. The van der Waals surface area contributed by atoms with Crippen molar-refractivity contribution < 1.29 is 23.1 Å². The number of carbonyl (C=O) groups excluding carboxylic acids is 1. The quantitative estimate of drug-likeness (QED) is 0.713. The molecule has 29 heavy (non-hydrogen) atoms. The lowest BCUT2D eigenvalue weighted by Crippen LogP contribution is -2.34. The highest BCUT2D eigenvalue weighted by atomic mass is 19.1. The maximum Gasteiger partial charge on any atom is 0.256 e. The molecule has 4 rings (SSSR count). The van der Waals surface area contributed by atoms with Crippen molar-refractivity contribution in [2.75, 3.05) is 20.3 Å². The molecule has 0 saturated carbocycles. The Balaban J connectivity index is 1.79. The van der Waals surface area contributed by atoms with Gasteiger partial charge in [0.25, 0.3) is 5.91 Å². The van der Waals surface area contributed by atoms with E-state index in [2.05, 4.69) is 10.3 Å². The van der Waals surface area contributed by atoms with Crippen LogP contribution in [0.25, 0.3) is 11.0 Å². The Kier molecular flexibility index (Phi) is 5.57. The molecule has 0 spiro atoms. The van der Waals surface area contributed by atoms with Crippen LogP contribution in [0.1, 0.15) is 23.2 Å². The first kappa shape index (κ1) is 19.1. The zero-order valence-corrected chi connectivity index (χ0v) is 16.0. The number of carbonyl (C=O) groups is 1. The van der Waals surface area contributed by atoms with E-state index in [9.17, 15) is 9.18 Å². The molecule has 7 heteroatoms. The first-order valence-electron chi connectivity index (χ1n) is 9.45. The van der Waals surface area contributed by atoms with Gasteiger partial charge in [-0.25, -0.2) is 9.38 Å². The number of methoxy groups -OCH3 is 1. The molecular weight excluding hydrogens is 375 g/mol. The Bertz CT molecular complexity index is 1100. The molecule has 2 aromatic carbocycles. The number of amides is 1. The van der Waals surface area contributed by atoms with Crippen LogP contribution in [-0.4, -0.2) is 32.3 Å². The Labute approximate surface area is 167 Å². The van der Waals surface area contributed by atoms with Crippen molar-refractivity contribution in [3.63, 3.8) is 0 Å². The largest absolute Gasteiger partial charge is 0.493 e. The number of hydrogen-bond acceptors (Lipinski definition) is 5. The zero-order chi connectivity index (χ0) is 20.2. The summed E-state index contributed by atoms with van der Waals surface area (Å²) >= 11 is 0. The van der Waals surface area contributed by atoms with Gasteiger partial charge in [0.15, 0.2) is 11.3 Å². The number of benzene rings is 2. The zero-order valence-electron chi connectivity index (χ0n) is 16.0. The number of nitrogens with one attached hydrogen (secondary N) is 1. The third kappa shape index (κ3) is 4.30. The molecule has 1 aromatic heterocycles. The second-order valence-corrected chi connectivity index (χ2v) is 6.78. The van der Waals surface area contributed by atoms with E-state index in [1.54, 1.807) is 24.3 Å². The van der Waals surface area contributed by atoms with Gasteiger partial charge in [-0.3, -0.25) is 4.79 Å². The fraction of sp³-hybridized carbons (Fsp3) is 0.273. The molecule has 1 amide bonds. The van der Waals surface area contributed by atoms with E-state index in [1.807, 2.05) is 12.1 Å². The van der Waals surface area contributed by atoms with Crippen molar-refractivity contribution in [3.05, 3.63) is 65.5 Å². The van der Waals surface area contributed by atoms with E-state index in [0.717, 1.165) is 12.8 Å². The van der Waals surface area contributed by atoms with Gasteiger partial charge in [0.1, 0.15) is 11.4 Å². The van der Waals surface area contributed by atoms with Crippen LogP contribution in [0.3, 0.4) is 0 Å². The van der Waals surface area contributed by atoms with Crippen LogP contribution in [0, 0.1) is 5.82 Å². The minimum atomic E-state index is -0.422. The minimum absolute atomic E-state index is 0.0139. The van der Waals surface area contributed by atoms with Gasteiger partial charge in [0.2, 0.25) is 5.55 Å². The molecular formula is C22H21FN2O4. The van der Waals surface area contributed by atoms with E-state index in [1.165, 1.54) is 19.2 Å². The Morgan fingerprint density at radius 2 is 2.14 bits per heavy atom. The maximum absolute atomic E-state index is 13.6. The van der Waals surface area contributed by atoms with Crippen LogP contribution in [0.4, 0.5) is 10.1 Å². The summed E-state index contributed by atoms with van der Waals surface area (Å²) in [6, 6.07) is 12.9. The lowest BCUT2D eigenvalue weighted by atomic mass is 10.1. The highest BCUT2D eigenvalue weighted by Gasteiger charge is 2.19. The van der Waals surface area contributed by atoms with E-state index in [-0.39, 0.29) is 23.1 Å². The molecule has 150 valence electrons. The first-order chi connectivity index (χ1) is 14.1. The maximum atomic E-state index is 13.6. The lowest BCUT2D eigenvalue weighted by Gasteiger charge is -2.11. The van der Waals surface area contributed by atoms with E-state index >= 15 is 0 Å². The minimum Gasteiger partial charge on any atom is -0.493 e. The fourth-order valence-corrected chi connectivity index (χ4v) is 3.30. The summed E-state index contributed by atoms with van der Waals surface area (Å²) in [4.78, 5) is 17.3. The highest BCUT2D eigenvalue weighted by molar-refractivity contribution is 5.97. The predicted octanol–water partition coefficient (Wildman–Crippen LogP) is 3.72. The predicted molar refractivity (Wildman–Crippen MR) is 106 cm³/mol. The smallest absolute Gasteiger partial charge is 0.256 e. The van der Waals surface area contributed by atoms with Crippen molar-refractivity contribution in [2.24, 2.45) is 4.99 Å². The SMILES string of the molecule is COc1cccc2cc(C(=O)NC[C@@H]3CCCO3)c(=Nc3cccc(F)c3)oc12. The van der Waals surface area contributed by atoms with E-state index < -0.39 is 5.82 Å². The van der Waals surface area contributed by atoms with Gasteiger partial charge in [-0.1, -0.05) is 18.2 Å². The van der Waals surface area contributed by atoms with Crippen LogP contribution in [-0.2, 0) is 4.74 Å². The Morgan fingerprint density at radius 3 is 2.90 bits per heavy atom. The van der Waals surface area contributed by atoms with Crippen LogP contribution in [0.2, 0.25) is 0 Å². The molecule has 1 saturated heterocycles. The number of hydrogen-bond donors (Lipinski definition) is 1. The average molecular weight is 396 g/mol. The molecule has 0 unspecified atom stereocenters. The molecule has 0 aliphatic carbocycles. The van der Waals surface area contributed by atoms with Crippen molar-refractivity contribution >= 4 is 22.6 Å². The summed E-state index contributed by atoms with van der Waals surface area (Å²) in [5.41, 5.74) is 1.14. The fourth-order valence-electron chi connectivity index (χ4n) is 3.30. The van der Waals surface area contributed by atoms with Crippen molar-refractivity contribution in [1.29, 1.82) is 0 Å². The molecule has 1 atom stereocenters. The van der Waals surface area contributed by atoms with Gasteiger partial charge in [0.05, 0.1) is 18.9 Å². The number of halogens is 1. The van der Waals surface area contributed by atoms with Crippen molar-refractivity contribution in [2.45, 2.75) is 18.9 Å². The monoisotopic (exact) mass is 396 g/mol. The number of nitrogens with zero attached hydrogens (tertiary/aromatic N) is 1. The summed E-state index contributed by atoms with van der Waals surface area (Å²) in [5.74, 6) is -0.234.